The number of amidine groups is 1. The minimum Gasteiger partial charge on any atom is -0.341 e. The number of benzene rings is 1. The van der Waals surface area contributed by atoms with E-state index >= 15 is 0 Å². The molecule has 0 unspecified atom stereocenters. The van der Waals surface area contributed by atoms with Gasteiger partial charge >= 0.3 is 0 Å². The van der Waals surface area contributed by atoms with Crippen molar-refractivity contribution in [2.75, 3.05) is 11.9 Å². The van der Waals surface area contributed by atoms with E-state index in [0.717, 1.165) is 36.8 Å². The quantitative estimate of drug-likeness (QED) is 0.783. The summed E-state index contributed by atoms with van der Waals surface area (Å²) in [7, 11) is 0. The van der Waals surface area contributed by atoms with E-state index in [4.69, 9.17) is 5.26 Å². The molecule has 0 saturated heterocycles. The Kier molecular flexibility index (Phi) is 5.82. The van der Waals surface area contributed by atoms with Crippen molar-refractivity contribution in [2.24, 2.45) is 4.99 Å². The molecule has 0 spiro atoms. The second-order valence-electron chi connectivity index (χ2n) is 6.56. The summed E-state index contributed by atoms with van der Waals surface area (Å²) >= 11 is 0. The van der Waals surface area contributed by atoms with Crippen molar-refractivity contribution in [2.45, 2.75) is 39.0 Å². The van der Waals surface area contributed by atoms with E-state index in [1.54, 1.807) is 12.1 Å². The largest absolute Gasteiger partial charge is 0.341 e. The summed E-state index contributed by atoms with van der Waals surface area (Å²) in [5, 5.41) is 14.5. The zero-order valence-electron chi connectivity index (χ0n) is 15.3. The first-order chi connectivity index (χ1) is 13.1. The summed E-state index contributed by atoms with van der Waals surface area (Å²) in [5.74, 6) is -0.111. The van der Waals surface area contributed by atoms with Crippen LogP contribution in [0.4, 0.5) is 5.69 Å². The van der Waals surface area contributed by atoms with Crippen LogP contribution in [-0.2, 0) is 4.79 Å². The van der Waals surface area contributed by atoms with Gasteiger partial charge in [0.05, 0.1) is 18.2 Å². The van der Waals surface area contributed by atoms with Crippen LogP contribution in [0.15, 0.2) is 41.0 Å². The molecular formula is C21H22N4O2. The highest BCUT2D eigenvalue weighted by Gasteiger charge is 2.19. The maximum atomic E-state index is 12.6. The number of nitrogens with zero attached hydrogens (tertiary/aromatic N) is 2. The van der Waals surface area contributed by atoms with Crippen molar-refractivity contribution in [3.05, 3.63) is 47.2 Å². The molecule has 0 radical (unpaired) electrons. The van der Waals surface area contributed by atoms with Gasteiger partial charge in [0.1, 0.15) is 0 Å². The topological polar surface area (TPSA) is 94.3 Å². The maximum absolute atomic E-state index is 12.6. The van der Waals surface area contributed by atoms with Gasteiger partial charge < -0.3 is 10.6 Å². The molecule has 0 fully saturated rings. The summed E-state index contributed by atoms with van der Waals surface area (Å²) < 4.78 is 0. The molecule has 1 aliphatic heterocycles. The Bertz CT molecular complexity index is 903. The lowest BCUT2D eigenvalue weighted by molar-refractivity contribution is -0.110. The summed E-state index contributed by atoms with van der Waals surface area (Å²) in [6, 6.07) is 7.42. The molecule has 27 heavy (non-hydrogen) atoms. The third-order valence-electron chi connectivity index (χ3n) is 4.70. The number of hydrogen-bond acceptors (Lipinski definition) is 5. The zero-order valence-corrected chi connectivity index (χ0v) is 15.3. The van der Waals surface area contributed by atoms with E-state index in [2.05, 4.69) is 21.7 Å². The van der Waals surface area contributed by atoms with Crippen LogP contribution in [0.5, 0.6) is 0 Å². The SMILES string of the molecule is CCC(=O)c1ccc(NC(=O)C2=NCC(C#N)=CN2)c(C2=CCCCC2)c1. The third-order valence-corrected chi connectivity index (χ3v) is 4.70. The molecule has 0 atom stereocenters. The van der Waals surface area contributed by atoms with Gasteiger partial charge in [-0.1, -0.05) is 13.0 Å². The number of carbonyl (C=O) groups excluding carboxylic acids is 2. The van der Waals surface area contributed by atoms with Crippen LogP contribution in [0.3, 0.4) is 0 Å². The lowest BCUT2D eigenvalue weighted by atomic mass is 9.91. The molecule has 2 aliphatic rings. The number of nitriles is 1. The molecule has 6 heteroatoms. The molecule has 1 aromatic rings. The van der Waals surface area contributed by atoms with Gasteiger partial charge in [-0.15, -0.1) is 0 Å². The summed E-state index contributed by atoms with van der Waals surface area (Å²) in [6.07, 6.45) is 8.32. The Morgan fingerprint density at radius 2 is 2.19 bits per heavy atom. The Hall–Kier alpha value is -3.20. The Morgan fingerprint density at radius 1 is 1.33 bits per heavy atom. The van der Waals surface area contributed by atoms with Crippen LogP contribution in [0.25, 0.3) is 5.57 Å². The Labute approximate surface area is 158 Å². The fraction of sp³-hybridized carbons (Fsp3) is 0.333. The molecule has 6 nitrogen and oxygen atoms in total. The van der Waals surface area contributed by atoms with Crippen molar-refractivity contribution >= 4 is 28.8 Å². The molecule has 138 valence electrons. The molecule has 2 N–H and O–H groups in total. The van der Waals surface area contributed by atoms with Gasteiger partial charge in [0.2, 0.25) is 0 Å². The molecule has 1 heterocycles. The van der Waals surface area contributed by atoms with E-state index < -0.39 is 0 Å². The van der Waals surface area contributed by atoms with Gasteiger partial charge in [-0.2, -0.15) is 5.26 Å². The lowest BCUT2D eigenvalue weighted by Gasteiger charge is -2.19. The smallest absolute Gasteiger partial charge is 0.291 e. The first kappa shape index (κ1) is 18.6. The Morgan fingerprint density at radius 3 is 2.81 bits per heavy atom. The molecule has 0 aromatic heterocycles. The molecule has 1 aliphatic carbocycles. The van der Waals surface area contributed by atoms with Crippen LogP contribution in [-0.4, -0.2) is 24.1 Å². The standard InChI is InChI=1S/C21H22N4O2/c1-2-19(26)16-8-9-18(17(10-16)15-6-4-3-5-7-15)25-21(27)20-23-12-14(11-22)13-24-20/h6,8-10,12H,2-5,7,13H2,1H3,(H,23,24)(H,25,27). The van der Waals surface area contributed by atoms with Crippen molar-refractivity contribution in [1.29, 1.82) is 5.26 Å². The minimum atomic E-state index is -0.365. The van der Waals surface area contributed by atoms with Crippen LogP contribution in [0, 0.1) is 11.3 Å². The fourth-order valence-corrected chi connectivity index (χ4v) is 3.18. The first-order valence-electron chi connectivity index (χ1n) is 9.20. The van der Waals surface area contributed by atoms with Crippen molar-refractivity contribution in [3.8, 4) is 6.07 Å². The predicted molar refractivity (Wildman–Crippen MR) is 105 cm³/mol. The van der Waals surface area contributed by atoms with E-state index in [0.29, 0.717) is 23.2 Å². The predicted octanol–water partition coefficient (Wildman–Crippen LogP) is 3.58. The van der Waals surface area contributed by atoms with Crippen LogP contribution >= 0.6 is 0 Å². The van der Waals surface area contributed by atoms with Crippen molar-refractivity contribution in [1.82, 2.24) is 5.32 Å². The molecule has 3 rings (SSSR count). The average Bonchev–Trinajstić information content (AvgIpc) is 2.74. The molecule has 0 saturated carbocycles. The second kappa shape index (κ2) is 8.45. The van der Waals surface area contributed by atoms with Crippen LogP contribution in [0.2, 0.25) is 0 Å². The molecule has 0 bridgehead atoms. The Balaban J connectivity index is 1.87. The zero-order chi connectivity index (χ0) is 19.2. The average molecular weight is 362 g/mol. The highest BCUT2D eigenvalue weighted by Crippen LogP contribution is 2.32. The van der Waals surface area contributed by atoms with Gasteiger partial charge in [0.25, 0.3) is 5.91 Å². The van der Waals surface area contributed by atoms with E-state index in [9.17, 15) is 9.59 Å². The van der Waals surface area contributed by atoms with Crippen molar-refractivity contribution in [3.63, 3.8) is 0 Å². The van der Waals surface area contributed by atoms with Crippen molar-refractivity contribution < 1.29 is 9.59 Å². The monoisotopic (exact) mass is 362 g/mol. The number of anilines is 1. The maximum Gasteiger partial charge on any atom is 0.291 e. The van der Waals surface area contributed by atoms with Gasteiger partial charge in [-0.25, -0.2) is 0 Å². The number of nitrogens with one attached hydrogen (secondary N) is 2. The highest BCUT2D eigenvalue weighted by atomic mass is 16.2. The fourth-order valence-electron chi connectivity index (χ4n) is 3.18. The van der Waals surface area contributed by atoms with Gasteiger partial charge in [-0.05, 0) is 49.5 Å². The highest BCUT2D eigenvalue weighted by molar-refractivity contribution is 6.42. The number of hydrogen-bond donors (Lipinski definition) is 2. The number of aliphatic imine (C=N–C) groups is 1. The molecule has 1 amide bonds. The summed E-state index contributed by atoms with van der Waals surface area (Å²) in [4.78, 5) is 28.8. The number of ketones is 1. The third kappa shape index (κ3) is 4.32. The number of carbonyl (C=O) groups is 2. The van der Waals surface area contributed by atoms with Gasteiger partial charge in [0.15, 0.2) is 11.6 Å². The van der Waals surface area contributed by atoms with Gasteiger partial charge in [-0.3, -0.25) is 14.6 Å². The van der Waals surface area contributed by atoms with E-state index in [-0.39, 0.29) is 24.1 Å². The van der Waals surface area contributed by atoms with Gasteiger partial charge in [0, 0.05) is 29.4 Å². The van der Waals surface area contributed by atoms with E-state index in [1.807, 2.05) is 19.1 Å². The number of allylic oxidation sites excluding steroid dienone is 2. The number of amides is 1. The minimum absolute atomic E-state index is 0.0815. The molecule has 1 aromatic carbocycles. The van der Waals surface area contributed by atoms with E-state index in [1.165, 1.54) is 6.20 Å². The number of Topliss-reactive ketones (excluding diaryl/α,β-unsaturated/α-hetero) is 1. The second-order valence-corrected chi connectivity index (χ2v) is 6.56. The number of rotatable bonds is 5. The van der Waals surface area contributed by atoms with Crippen LogP contribution in [0.1, 0.15) is 54.9 Å². The molecular weight excluding hydrogens is 340 g/mol. The van der Waals surface area contributed by atoms with Crippen LogP contribution < -0.4 is 10.6 Å². The normalized spacial score (nSPS) is 16.2. The lowest BCUT2D eigenvalue weighted by Crippen LogP contribution is -2.35. The first-order valence-corrected chi connectivity index (χ1v) is 9.20. The summed E-state index contributed by atoms with van der Waals surface area (Å²) in [6.45, 7) is 2.03. The summed E-state index contributed by atoms with van der Waals surface area (Å²) in [5.41, 5.74) is 3.86.